The molecule has 2 rings (SSSR count). The molecule has 0 spiro atoms. The third-order valence-corrected chi connectivity index (χ3v) is 5.02. The van der Waals surface area contributed by atoms with Gasteiger partial charge in [-0.3, -0.25) is 4.79 Å². The van der Waals surface area contributed by atoms with Crippen LogP contribution in [0.4, 0.5) is 0 Å². The van der Waals surface area contributed by atoms with Crippen LogP contribution < -0.4 is 5.32 Å². The van der Waals surface area contributed by atoms with Crippen molar-refractivity contribution in [3.63, 3.8) is 0 Å². The Kier molecular flexibility index (Phi) is 7.08. The molecule has 1 aromatic heterocycles. The van der Waals surface area contributed by atoms with Gasteiger partial charge in [0.05, 0.1) is 6.04 Å². The highest BCUT2D eigenvalue weighted by atomic mass is 32.2. The Labute approximate surface area is 149 Å². The van der Waals surface area contributed by atoms with Crippen molar-refractivity contribution in [3.05, 3.63) is 58.3 Å². The number of amides is 1. The highest BCUT2D eigenvalue weighted by Crippen LogP contribution is 2.18. The molecule has 4 nitrogen and oxygen atoms in total. The van der Waals surface area contributed by atoms with Gasteiger partial charge < -0.3 is 10.1 Å². The van der Waals surface area contributed by atoms with Crippen molar-refractivity contribution in [2.24, 2.45) is 0 Å². The third kappa shape index (κ3) is 5.86. The summed E-state index contributed by atoms with van der Waals surface area (Å²) in [6.45, 7) is 1.61. The number of ether oxygens (including phenoxy) is 1. The molecule has 6 heteroatoms. The van der Waals surface area contributed by atoms with Gasteiger partial charge in [-0.1, -0.05) is 18.2 Å². The lowest BCUT2D eigenvalue weighted by Crippen LogP contribution is -2.30. The molecule has 1 atom stereocenters. The van der Waals surface area contributed by atoms with Gasteiger partial charge in [0.15, 0.2) is 6.61 Å². The van der Waals surface area contributed by atoms with E-state index < -0.39 is 5.97 Å². The van der Waals surface area contributed by atoms with Gasteiger partial charge in [-0.05, 0) is 48.4 Å². The Bertz CT molecular complexity index is 694. The molecule has 24 heavy (non-hydrogen) atoms. The standard InChI is InChI=1S/C18H19NO3S2/c1-13(16-4-3-11-24-16)19-17(20)12-22-18(21)10-7-14-5-8-15(23-2)9-6-14/h3-11,13H,12H2,1-2H3,(H,19,20)/b10-7+/t13-/m0/s1. The summed E-state index contributed by atoms with van der Waals surface area (Å²) in [6, 6.07) is 11.6. The highest BCUT2D eigenvalue weighted by Gasteiger charge is 2.11. The zero-order chi connectivity index (χ0) is 17.4. The van der Waals surface area contributed by atoms with E-state index in [0.29, 0.717) is 0 Å². The van der Waals surface area contributed by atoms with Gasteiger partial charge in [-0.25, -0.2) is 4.79 Å². The minimum absolute atomic E-state index is 0.0957. The Morgan fingerprint density at radius 1 is 1.29 bits per heavy atom. The first kappa shape index (κ1) is 18.3. The summed E-state index contributed by atoms with van der Waals surface area (Å²) in [5.41, 5.74) is 0.903. The lowest BCUT2D eigenvalue weighted by Gasteiger charge is -2.11. The topological polar surface area (TPSA) is 55.4 Å². The van der Waals surface area contributed by atoms with Crippen LogP contribution in [-0.2, 0) is 14.3 Å². The summed E-state index contributed by atoms with van der Waals surface area (Å²) < 4.78 is 4.95. The van der Waals surface area contributed by atoms with Crippen molar-refractivity contribution in [2.75, 3.05) is 12.9 Å². The van der Waals surface area contributed by atoms with Crippen molar-refractivity contribution in [1.29, 1.82) is 0 Å². The Morgan fingerprint density at radius 2 is 2.04 bits per heavy atom. The van der Waals surface area contributed by atoms with Crippen LogP contribution >= 0.6 is 23.1 Å². The largest absolute Gasteiger partial charge is 0.452 e. The predicted octanol–water partition coefficient (Wildman–Crippen LogP) is 3.90. The lowest BCUT2D eigenvalue weighted by atomic mass is 10.2. The van der Waals surface area contributed by atoms with Crippen LogP contribution in [0, 0.1) is 0 Å². The molecule has 2 aromatic rings. The fourth-order valence-electron chi connectivity index (χ4n) is 1.96. The second-order valence-electron chi connectivity index (χ2n) is 5.02. The van der Waals surface area contributed by atoms with Crippen molar-refractivity contribution in [3.8, 4) is 0 Å². The van der Waals surface area contributed by atoms with E-state index in [9.17, 15) is 9.59 Å². The van der Waals surface area contributed by atoms with E-state index >= 15 is 0 Å². The van der Waals surface area contributed by atoms with E-state index in [1.165, 1.54) is 6.08 Å². The molecule has 0 radical (unpaired) electrons. The van der Waals surface area contributed by atoms with E-state index in [1.807, 2.05) is 55.0 Å². The summed E-state index contributed by atoms with van der Waals surface area (Å²) in [5.74, 6) is -0.857. The fourth-order valence-corrected chi connectivity index (χ4v) is 3.10. The summed E-state index contributed by atoms with van der Waals surface area (Å²) in [5, 5.41) is 4.74. The molecule has 0 saturated heterocycles. The second kappa shape index (κ2) is 9.30. The first-order valence-electron chi connectivity index (χ1n) is 7.40. The number of carbonyl (C=O) groups is 2. The van der Waals surface area contributed by atoms with Gasteiger partial charge in [0.1, 0.15) is 0 Å². The number of esters is 1. The number of nitrogens with one attached hydrogen (secondary N) is 1. The highest BCUT2D eigenvalue weighted by molar-refractivity contribution is 7.98. The average molecular weight is 361 g/mol. The molecule has 1 heterocycles. The van der Waals surface area contributed by atoms with Crippen LogP contribution in [0.3, 0.4) is 0 Å². The van der Waals surface area contributed by atoms with Gasteiger partial charge in [-0.15, -0.1) is 23.1 Å². The van der Waals surface area contributed by atoms with Crippen LogP contribution in [0.15, 0.2) is 52.7 Å². The summed E-state index contributed by atoms with van der Waals surface area (Å²) in [6.07, 6.45) is 5.00. The van der Waals surface area contributed by atoms with Crippen LogP contribution in [0.1, 0.15) is 23.4 Å². The van der Waals surface area contributed by atoms with Gasteiger partial charge >= 0.3 is 5.97 Å². The van der Waals surface area contributed by atoms with E-state index in [2.05, 4.69) is 5.32 Å². The van der Waals surface area contributed by atoms with Crippen LogP contribution in [0.25, 0.3) is 6.08 Å². The van der Waals surface area contributed by atoms with Crippen LogP contribution in [-0.4, -0.2) is 24.7 Å². The molecule has 0 saturated carbocycles. The zero-order valence-electron chi connectivity index (χ0n) is 13.5. The van der Waals surface area contributed by atoms with Crippen molar-refractivity contribution in [2.45, 2.75) is 17.9 Å². The van der Waals surface area contributed by atoms with E-state index in [1.54, 1.807) is 29.2 Å². The first-order chi connectivity index (χ1) is 11.6. The van der Waals surface area contributed by atoms with Crippen LogP contribution in [0.5, 0.6) is 0 Å². The van der Waals surface area contributed by atoms with E-state index in [0.717, 1.165) is 15.3 Å². The van der Waals surface area contributed by atoms with Gasteiger partial charge in [0.25, 0.3) is 5.91 Å². The average Bonchev–Trinajstić information content (AvgIpc) is 3.13. The minimum atomic E-state index is -0.539. The molecule has 1 aromatic carbocycles. The maximum Gasteiger partial charge on any atom is 0.331 e. The Morgan fingerprint density at radius 3 is 2.67 bits per heavy atom. The monoisotopic (exact) mass is 361 g/mol. The lowest BCUT2D eigenvalue weighted by molar-refractivity contribution is -0.144. The zero-order valence-corrected chi connectivity index (χ0v) is 15.2. The molecule has 0 unspecified atom stereocenters. The second-order valence-corrected chi connectivity index (χ2v) is 6.88. The van der Waals surface area contributed by atoms with E-state index in [4.69, 9.17) is 4.74 Å². The quantitative estimate of drug-likeness (QED) is 0.462. The fraction of sp³-hybridized carbons (Fsp3) is 0.222. The third-order valence-electron chi connectivity index (χ3n) is 3.22. The first-order valence-corrected chi connectivity index (χ1v) is 9.50. The molecular formula is C18H19NO3S2. The molecular weight excluding hydrogens is 342 g/mol. The number of hydrogen-bond donors (Lipinski definition) is 1. The number of thiophene rings is 1. The molecule has 0 aliphatic rings. The molecule has 126 valence electrons. The van der Waals surface area contributed by atoms with Gasteiger partial charge in [-0.2, -0.15) is 0 Å². The number of benzene rings is 1. The minimum Gasteiger partial charge on any atom is -0.452 e. The van der Waals surface area contributed by atoms with Gasteiger partial charge in [0.2, 0.25) is 0 Å². The molecule has 1 N–H and O–H groups in total. The summed E-state index contributed by atoms with van der Waals surface area (Å²) in [4.78, 5) is 25.7. The predicted molar refractivity (Wildman–Crippen MR) is 99.1 cm³/mol. The molecule has 0 aliphatic heterocycles. The van der Waals surface area contributed by atoms with Crippen molar-refractivity contribution < 1.29 is 14.3 Å². The number of thioether (sulfide) groups is 1. The van der Waals surface area contributed by atoms with E-state index in [-0.39, 0.29) is 18.6 Å². The maximum absolute atomic E-state index is 11.8. The summed E-state index contributed by atoms with van der Waals surface area (Å²) in [7, 11) is 0. The Balaban J connectivity index is 1.75. The number of hydrogen-bond acceptors (Lipinski definition) is 5. The maximum atomic E-state index is 11.8. The number of carbonyl (C=O) groups excluding carboxylic acids is 2. The summed E-state index contributed by atoms with van der Waals surface area (Å²) >= 11 is 3.23. The molecule has 1 amide bonds. The Hall–Kier alpha value is -2.05. The van der Waals surface area contributed by atoms with Crippen LogP contribution in [0.2, 0.25) is 0 Å². The van der Waals surface area contributed by atoms with Crippen molar-refractivity contribution >= 4 is 41.1 Å². The molecule has 0 fully saturated rings. The molecule has 0 aliphatic carbocycles. The molecule has 0 bridgehead atoms. The normalized spacial score (nSPS) is 12.1. The van der Waals surface area contributed by atoms with Crippen molar-refractivity contribution in [1.82, 2.24) is 5.32 Å². The smallest absolute Gasteiger partial charge is 0.331 e. The number of rotatable bonds is 7. The SMILES string of the molecule is CSc1ccc(/C=C/C(=O)OCC(=O)N[C@@H](C)c2cccs2)cc1. The van der Waals surface area contributed by atoms with Gasteiger partial charge in [0, 0.05) is 15.8 Å².